The van der Waals surface area contributed by atoms with Crippen LogP contribution in [0.1, 0.15) is 37.0 Å². The first kappa shape index (κ1) is 16.6. The molecule has 3 N–H and O–H groups in total. The van der Waals surface area contributed by atoms with E-state index in [4.69, 9.17) is 4.74 Å². The van der Waals surface area contributed by atoms with Crippen molar-refractivity contribution in [2.75, 3.05) is 13.1 Å². The first-order chi connectivity index (χ1) is 11.4. The Morgan fingerprint density at radius 3 is 2.54 bits per heavy atom. The summed E-state index contributed by atoms with van der Waals surface area (Å²) in [5.41, 5.74) is -0.477. The van der Waals surface area contributed by atoms with Gasteiger partial charge in [0.25, 0.3) is 0 Å². The van der Waals surface area contributed by atoms with Gasteiger partial charge in [0.05, 0.1) is 0 Å². The molecule has 1 aliphatic rings. The van der Waals surface area contributed by atoms with Crippen molar-refractivity contribution in [2.45, 2.75) is 32.3 Å². The average molecular weight is 329 g/mol. The molecule has 0 spiro atoms. The molecule has 24 heavy (non-hydrogen) atoms. The number of esters is 1. The Labute approximate surface area is 141 Å². The molecule has 0 amide bonds. The Kier molecular flexibility index (Phi) is 4.37. The highest BCUT2D eigenvalue weighted by Crippen LogP contribution is 2.33. The molecule has 128 valence electrons. The summed E-state index contributed by atoms with van der Waals surface area (Å²) in [5, 5.41) is 24.5. The van der Waals surface area contributed by atoms with E-state index in [0.717, 1.165) is 31.3 Å². The molecule has 5 heteroatoms. The maximum Gasteiger partial charge on any atom is 0.342 e. The molecule has 0 unspecified atom stereocenters. The van der Waals surface area contributed by atoms with E-state index in [9.17, 15) is 15.0 Å². The Bertz CT molecular complexity index is 763. The second-order valence-corrected chi connectivity index (χ2v) is 6.92. The van der Waals surface area contributed by atoms with Gasteiger partial charge in [-0.3, -0.25) is 0 Å². The summed E-state index contributed by atoms with van der Waals surface area (Å²) in [7, 11) is 0. The quantitative estimate of drug-likeness (QED) is 0.754. The van der Waals surface area contributed by atoms with Crippen molar-refractivity contribution < 1.29 is 19.7 Å². The Morgan fingerprint density at radius 1 is 1.12 bits per heavy atom. The first-order valence-electron chi connectivity index (χ1n) is 8.26. The van der Waals surface area contributed by atoms with Gasteiger partial charge in [-0.15, -0.1) is 0 Å². The third-order valence-corrected chi connectivity index (χ3v) is 4.84. The van der Waals surface area contributed by atoms with E-state index in [1.165, 1.54) is 6.07 Å². The van der Waals surface area contributed by atoms with Gasteiger partial charge in [-0.25, -0.2) is 4.79 Å². The molecule has 1 saturated heterocycles. The molecular weight excluding hydrogens is 306 g/mol. The number of carbonyl (C=O) groups is 1. The normalized spacial score (nSPS) is 16.2. The van der Waals surface area contributed by atoms with E-state index >= 15 is 0 Å². The number of carbonyl (C=O) groups excluding carboxylic acids is 1. The number of ether oxygens (including phenoxy) is 1. The second kappa shape index (κ2) is 6.32. The summed E-state index contributed by atoms with van der Waals surface area (Å²) in [6.07, 6.45) is 1.91. The van der Waals surface area contributed by atoms with Crippen LogP contribution in [0.3, 0.4) is 0 Å². The van der Waals surface area contributed by atoms with Crippen LogP contribution in [0.5, 0.6) is 11.5 Å². The lowest BCUT2D eigenvalue weighted by Gasteiger charge is -2.36. The fourth-order valence-corrected chi connectivity index (χ4v) is 3.33. The number of hydrogen-bond donors (Lipinski definition) is 3. The van der Waals surface area contributed by atoms with Gasteiger partial charge in [0.2, 0.25) is 0 Å². The summed E-state index contributed by atoms with van der Waals surface area (Å²) in [6.45, 7) is 5.69. The van der Waals surface area contributed by atoms with E-state index in [-0.39, 0.29) is 23.0 Å². The van der Waals surface area contributed by atoms with Crippen LogP contribution in [0.25, 0.3) is 10.8 Å². The molecule has 1 fully saturated rings. The molecule has 1 aliphatic heterocycles. The van der Waals surface area contributed by atoms with Crippen molar-refractivity contribution in [1.82, 2.24) is 5.32 Å². The van der Waals surface area contributed by atoms with E-state index in [1.54, 1.807) is 24.3 Å². The number of rotatable bonds is 3. The Hall–Kier alpha value is -2.27. The van der Waals surface area contributed by atoms with Crippen LogP contribution >= 0.6 is 0 Å². The predicted octanol–water partition coefficient (Wildman–Crippen LogP) is 3.19. The minimum atomic E-state index is -0.598. The maximum atomic E-state index is 12.6. The van der Waals surface area contributed by atoms with E-state index < -0.39 is 11.6 Å². The van der Waals surface area contributed by atoms with Crippen molar-refractivity contribution in [3.63, 3.8) is 0 Å². The fourth-order valence-electron chi connectivity index (χ4n) is 3.33. The summed E-state index contributed by atoms with van der Waals surface area (Å²) in [6, 6.07) is 7.87. The predicted molar refractivity (Wildman–Crippen MR) is 92.4 cm³/mol. The van der Waals surface area contributed by atoms with Crippen LogP contribution in [0.2, 0.25) is 0 Å². The number of phenols is 2. The van der Waals surface area contributed by atoms with Crippen LogP contribution in [0.4, 0.5) is 0 Å². The summed E-state index contributed by atoms with van der Waals surface area (Å²) >= 11 is 0. The van der Waals surface area contributed by atoms with Crippen molar-refractivity contribution in [2.24, 2.45) is 5.92 Å². The minimum absolute atomic E-state index is 0.112. The van der Waals surface area contributed by atoms with Gasteiger partial charge in [-0.2, -0.15) is 0 Å². The maximum absolute atomic E-state index is 12.6. The lowest BCUT2D eigenvalue weighted by Crippen LogP contribution is -2.42. The van der Waals surface area contributed by atoms with Gasteiger partial charge in [0.1, 0.15) is 22.7 Å². The Morgan fingerprint density at radius 2 is 1.83 bits per heavy atom. The lowest BCUT2D eigenvalue weighted by atomic mass is 9.83. The van der Waals surface area contributed by atoms with Crippen LogP contribution in [0, 0.1) is 5.92 Å². The van der Waals surface area contributed by atoms with Crippen LogP contribution < -0.4 is 5.32 Å². The van der Waals surface area contributed by atoms with Crippen molar-refractivity contribution in [1.29, 1.82) is 0 Å². The molecule has 0 bridgehead atoms. The topological polar surface area (TPSA) is 78.8 Å². The SMILES string of the molecule is CC(C)(OC(=O)c1cc2cc(O)ccc2cc1O)C1CCNCC1. The second-order valence-electron chi connectivity index (χ2n) is 6.92. The van der Waals surface area contributed by atoms with Crippen LogP contribution in [-0.4, -0.2) is 34.9 Å². The van der Waals surface area contributed by atoms with Gasteiger partial charge in [-0.05, 0) is 74.8 Å². The van der Waals surface area contributed by atoms with Gasteiger partial charge in [0.15, 0.2) is 0 Å². The standard InChI is InChI=1S/C19H23NO4/c1-19(2,14-5-7-20-8-6-14)24-18(23)16-10-13-9-15(21)4-3-12(13)11-17(16)22/h3-4,9-11,14,20-22H,5-8H2,1-2H3. The Balaban J connectivity index is 1.86. The molecule has 0 saturated carbocycles. The highest BCUT2D eigenvalue weighted by Gasteiger charge is 2.35. The molecule has 0 aliphatic carbocycles. The summed E-state index contributed by atoms with van der Waals surface area (Å²) < 4.78 is 5.73. The molecule has 2 aromatic rings. The van der Waals surface area contributed by atoms with Crippen LogP contribution in [0.15, 0.2) is 30.3 Å². The highest BCUT2D eigenvalue weighted by atomic mass is 16.6. The van der Waals surface area contributed by atoms with Crippen molar-refractivity contribution >= 4 is 16.7 Å². The number of fused-ring (bicyclic) bond motifs is 1. The number of nitrogens with one attached hydrogen (secondary N) is 1. The van der Waals surface area contributed by atoms with E-state index in [0.29, 0.717) is 5.39 Å². The molecule has 0 radical (unpaired) electrons. The van der Waals surface area contributed by atoms with E-state index in [2.05, 4.69) is 5.32 Å². The molecule has 5 nitrogen and oxygen atoms in total. The number of hydrogen-bond acceptors (Lipinski definition) is 5. The van der Waals surface area contributed by atoms with Gasteiger partial charge >= 0.3 is 5.97 Å². The first-order valence-corrected chi connectivity index (χ1v) is 8.26. The minimum Gasteiger partial charge on any atom is -0.508 e. The number of benzene rings is 2. The summed E-state index contributed by atoms with van der Waals surface area (Å²) in [4.78, 5) is 12.6. The molecule has 0 atom stereocenters. The van der Waals surface area contributed by atoms with Crippen LogP contribution in [-0.2, 0) is 4.74 Å². The molecule has 1 heterocycles. The zero-order chi connectivity index (χ0) is 17.3. The van der Waals surface area contributed by atoms with Crippen molar-refractivity contribution in [3.8, 4) is 11.5 Å². The lowest BCUT2D eigenvalue weighted by molar-refractivity contribution is -0.0369. The highest BCUT2D eigenvalue weighted by molar-refractivity contribution is 5.99. The number of piperidine rings is 1. The molecular formula is C19H23NO4. The van der Waals surface area contributed by atoms with Gasteiger partial charge < -0.3 is 20.3 Å². The zero-order valence-electron chi connectivity index (χ0n) is 14.0. The van der Waals surface area contributed by atoms with Gasteiger partial charge in [0, 0.05) is 5.92 Å². The van der Waals surface area contributed by atoms with E-state index in [1.807, 2.05) is 13.8 Å². The third kappa shape index (κ3) is 3.31. The number of aromatic hydroxyl groups is 2. The molecule has 2 aromatic carbocycles. The smallest absolute Gasteiger partial charge is 0.342 e. The third-order valence-electron chi connectivity index (χ3n) is 4.84. The number of phenolic OH excluding ortho intramolecular Hbond substituents is 2. The molecule has 3 rings (SSSR count). The molecule has 0 aromatic heterocycles. The fraction of sp³-hybridized carbons (Fsp3) is 0.421. The largest absolute Gasteiger partial charge is 0.508 e. The monoisotopic (exact) mass is 329 g/mol. The van der Waals surface area contributed by atoms with Gasteiger partial charge in [-0.1, -0.05) is 6.07 Å². The van der Waals surface area contributed by atoms with Crippen molar-refractivity contribution in [3.05, 3.63) is 35.9 Å². The summed E-state index contributed by atoms with van der Waals surface area (Å²) in [5.74, 6) is -0.252. The average Bonchev–Trinajstić information content (AvgIpc) is 2.55. The zero-order valence-corrected chi connectivity index (χ0v) is 14.0.